The number of phenols is 1. The zero-order valence-electron chi connectivity index (χ0n) is 12.3. The zero-order chi connectivity index (χ0) is 15.2. The molecule has 1 atom stereocenters. The van der Waals surface area contributed by atoms with Crippen LogP contribution in [-0.2, 0) is 4.79 Å². The van der Waals surface area contributed by atoms with Crippen LogP contribution >= 0.6 is 0 Å². The first-order valence-corrected chi connectivity index (χ1v) is 7.04. The maximum Gasteiger partial charge on any atom is 0.224 e. The van der Waals surface area contributed by atoms with Crippen LogP contribution in [0.5, 0.6) is 5.75 Å². The van der Waals surface area contributed by atoms with Gasteiger partial charge in [-0.2, -0.15) is 0 Å². The molecule has 0 bridgehead atoms. The summed E-state index contributed by atoms with van der Waals surface area (Å²) in [5.41, 5.74) is 2.56. The Kier molecular flexibility index (Phi) is 4.82. The number of para-hydroxylation sites is 1. The summed E-state index contributed by atoms with van der Waals surface area (Å²) in [4.78, 5) is 11.3. The molecule has 0 saturated heterocycles. The summed E-state index contributed by atoms with van der Waals surface area (Å²) in [5.74, 6) is 0.280. The minimum absolute atomic E-state index is 0.00159. The van der Waals surface area contributed by atoms with E-state index in [1.807, 2.05) is 50.2 Å². The average molecular weight is 284 g/mol. The number of benzene rings is 2. The standard InChI is InChI=1S/C17H20N2O2/c1-3-17(21)19-14-10-8-13(9-11-14)18-12(2)15-6-4-5-7-16(15)20/h4-12,18,20H,3H2,1-2H3,(H,19,21). The highest BCUT2D eigenvalue weighted by Crippen LogP contribution is 2.26. The molecule has 2 aromatic rings. The SMILES string of the molecule is CCC(=O)Nc1ccc(NC(C)c2ccccc2O)cc1. The Bertz CT molecular complexity index is 608. The molecule has 0 fully saturated rings. The fraction of sp³-hybridized carbons (Fsp3) is 0.235. The third-order valence-electron chi connectivity index (χ3n) is 3.28. The van der Waals surface area contributed by atoms with Crippen LogP contribution in [0.2, 0.25) is 0 Å². The predicted octanol–water partition coefficient (Wildman–Crippen LogP) is 3.91. The first kappa shape index (κ1) is 14.9. The van der Waals surface area contributed by atoms with E-state index in [-0.39, 0.29) is 17.7 Å². The van der Waals surface area contributed by atoms with Gasteiger partial charge >= 0.3 is 0 Å². The largest absolute Gasteiger partial charge is 0.508 e. The van der Waals surface area contributed by atoms with Crippen LogP contribution in [0.25, 0.3) is 0 Å². The number of rotatable bonds is 5. The highest BCUT2D eigenvalue weighted by Gasteiger charge is 2.09. The minimum atomic E-state index is -0.0118. The Labute approximate surface area is 124 Å². The lowest BCUT2D eigenvalue weighted by molar-refractivity contribution is -0.115. The van der Waals surface area contributed by atoms with Gasteiger partial charge in [0.2, 0.25) is 5.91 Å². The summed E-state index contributed by atoms with van der Waals surface area (Å²) in [6.45, 7) is 3.81. The number of phenolic OH excluding ortho intramolecular Hbond substituents is 1. The smallest absolute Gasteiger partial charge is 0.224 e. The summed E-state index contributed by atoms with van der Waals surface area (Å²) >= 11 is 0. The van der Waals surface area contributed by atoms with Crippen molar-refractivity contribution in [2.75, 3.05) is 10.6 Å². The van der Waals surface area contributed by atoms with Gasteiger partial charge in [-0.3, -0.25) is 4.79 Å². The maximum absolute atomic E-state index is 11.3. The van der Waals surface area contributed by atoms with Gasteiger partial charge in [0.15, 0.2) is 0 Å². The second-order valence-electron chi connectivity index (χ2n) is 4.90. The van der Waals surface area contributed by atoms with Gasteiger partial charge in [0.05, 0.1) is 6.04 Å². The van der Waals surface area contributed by atoms with E-state index in [4.69, 9.17) is 0 Å². The second-order valence-corrected chi connectivity index (χ2v) is 4.90. The van der Waals surface area contributed by atoms with Gasteiger partial charge in [0.1, 0.15) is 5.75 Å². The van der Waals surface area contributed by atoms with Gasteiger partial charge in [0, 0.05) is 23.4 Å². The number of aromatic hydroxyl groups is 1. The zero-order valence-corrected chi connectivity index (χ0v) is 12.3. The summed E-state index contributed by atoms with van der Waals surface area (Å²) in [6.07, 6.45) is 0.463. The van der Waals surface area contributed by atoms with E-state index in [9.17, 15) is 9.90 Å². The molecule has 0 aliphatic heterocycles. The number of carbonyl (C=O) groups is 1. The summed E-state index contributed by atoms with van der Waals surface area (Å²) in [7, 11) is 0. The first-order valence-electron chi connectivity index (χ1n) is 7.04. The lowest BCUT2D eigenvalue weighted by atomic mass is 10.1. The molecule has 21 heavy (non-hydrogen) atoms. The molecule has 3 N–H and O–H groups in total. The average Bonchev–Trinajstić information content (AvgIpc) is 2.49. The molecule has 1 unspecified atom stereocenters. The highest BCUT2D eigenvalue weighted by molar-refractivity contribution is 5.90. The van der Waals surface area contributed by atoms with Crippen molar-refractivity contribution in [2.45, 2.75) is 26.3 Å². The van der Waals surface area contributed by atoms with Gasteiger partial charge in [-0.05, 0) is 37.3 Å². The molecular formula is C17H20N2O2. The van der Waals surface area contributed by atoms with E-state index < -0.39 is 0 Å². The fourth-order valence-corrected chi connectivity index (χ4v) is 2.08. The van der Waals surface area contributed by atoms with Crippen molar-refractivity contribution < 1.29 is 9.90 Å². The summed E-state index contributed by atoms with van der Waals surface area (Å²) < 4.78 is 0. The lowest BCUT2D eigenvalue weighted by Gasteiger charge is -2.17. The molecule has 110 valence electrons. The molecule has 0 aliphatic rings. The normalized spacial score (nSPS) is 11.7. The number of anilines is 2. The van der Waals surface area contributed by atoms with Crippen LogP contribution in [0.15, 0.2) is 48.5 Å². The number of hydrogen-bond donors (Lipinski definition) is 3. The number of hydrogen-bond acceptors (Lipinski definition) is 3. The van der Waals surface area contributed by atoms with E-state index in [0.29, 0.717) is 6.42 Å². The first-order chi connectivity index (χ1) is 10.1. The Balaban J connectivity index is 2.03. The number of nitrogens with one attached hydrogen (secondary N) is 2. The summed E-state index contributed by atoms with van der Waals surface area (Å²) in [6, 6.07) is 14.8. The van der Waals surface area contributed by atoms with Gasteiger partial charge in [-0.15, -0.1) is 0 Å². The monoisotopic (exact) mass is 284 g/mol. The van der Waals surface area contributed by atoms with Crippen molar-refractivity contribution >= 4 is 17.3 Å². The Morgan fingerprint density at radius 3 is 2.33 bits per heavy atom. The van der Waals surface area contributed by atoms with E-state index in [2.05, 4.69) is 10.6 Å². The van der Waals surface area contributed by atoms with Crippen molar-refractivity contribution in [3.8, 4) is 5.75 Å². The van der Waals surface area contributed by atoms with Crippen molar-refractivity contribution in [1.82, 2.24) is 0 Å². The third kappa shape index (κ3) is 3.99. The second kappa shape index (κ2) is 6.79. The topological polar surface area (TPSA) is 61.4 Å². The molecule has 0 spiro atoms. The van der Waals surface area contributed by atoms with E-state index in [1.165, 1.54) is 0 Å². The molecular weight excluding hydrogens is 264 g/mol. The van der Waals surface area contributed by atoms with Gasteiger partial charge in [-0.25, -0.2) is 0 Å². The molecule has 0 heterocycles. The van der Waals surface area contributed by atoms with E-state index >= 15 is 0 Å². The van der Waals surface area contributed by atoms with Crippen LogP contribution < -0.4 is 10.6 Å². The molecule has 2 rings (SSSR count). The lowest BCUT2D eigenvalue weighted by Crippen LogP contribution is -2.10. The van der Waals surface area contributed by atoms with Crippen LogP contribution in [0.4, 0.5) is 11.4 Å². The molecule has 1 amide bonds. The molecule has 0 aliphatic carbocycles. The van der Waals surface area contributed by atoms with Crippen LogP contribution in [0.3, 0.4) is 0 Å². The predicted molar refractivity (Wildman–Crippen MR) is 85.5 cm³/mol. The molecule has 0 aromatic heterocycles. The highest BCUT2D eigenvalue weighted by atomic mass is 16.3. The van der Waals surface area contributed by atoms with Crippen molar-refractivity contribution in [1.29, 1.82) is 0 Å². The van der Waals surface area contributed by atoms with Gasteiger partial charge < -0.3 is 15.7 Å². The van der Waals surface area contributed by atoms with Crippen LogP contribution in [-0.4, -0.2) is 11.0 Å². The fourth-order valence-electron chi connectivity index (χ4n) is 2.08. The quantitative estimate of drug-likeness (QED) is 0.780. The maximum atomic E-state index is 11.3. The number of amides is 1. The van der Waals surface area contributed by atoms with Gasteiger partial charge in [-0.1, -0.05) is 25.1 Å². The van der Waals surface area contributed by atoms with Gasteiger partial charge in [0.25, 0.3) is 0 Å². The molecule has 4 nitrogen and oxygen atoms in total. The Hall–Kier alpha value is -2.49. The molecule has 0 saturated carbocycles. The van der Waals surface area contributed by atoms with Crippen molar-refractivity contribution in [3.63, 3.8) is 0 Å². The van der Waals surface area contributed by atoms with Crippen LogP contribution in [0, 0.1) is 0 Å². The third-order valence-corrected chi connectivity index (χ3v) is 3.28. The summed E-state index contributed by atoms with van der Waals surface area (Å²) in [5, 5.41) is 16.0. The van der Waals surface area contributed by atoms with Crippen molar-refractivity contribution in [2.24, 2.45) is 0 Å². The van der Waals surface area contributed by atoms with E-state index in [0.717, 1.165) is 16.9 Å². The minimum Gasteiger partial charge on any atom is -0.508 e. The Morgan fingerprint density at radius 2 is 1.71 bits per heavy atom. The molecule has 0 radical (unpaired) electrons. The number of carbonyl (C=O) groups excluding carboxylic acids is 1. The molecule has 2 aromatic carbocycles. The molecule has 4 heteroatoms. The van der Waals surface area contributed by atoms with Crippen molar-refractivity contribution in [3.05, 3.63) is 54.1 Å². The van der Waals surface area contributed by atoms with E-state index in [1.54, 1.807) is 12.1 Å². The van der Waals surface area contributed by atoms with Crippen LogP contribution in [0.1, 0.15) is 31.9 Å². The Morgan fingerprint density at radius 1 is 1.10 bits per heavy atom.